The van der Waals surface area contributed by atoms with E-state index in [1.165, 1.54) is 6.07 Å². The molecule has 3 rings (SSSR count). The van der Waals surface area contributed by atoms with Gasteiger partial charge in [0.15, 0.2) is 5.16 Å². The number of rotatable bonds is 1. The molecule has 2 aromatic rings. The minimum atomic E-state index is -0.328. The lowest BCUT2D eigenvalue weighted by molar-refractivity contribution is 0.559. The van der Waals surface area contributed by atoms with Crippen LogP contribution in [0.4, 0.5) is 4.39 Å². The van der Waals surface area contributed by atoms with Crippen LogP contribution >= 0.6 is 11.8 Å². The summed E-state index contributed by atoms with van der Waals surface area (Å²) in [7, 11) is 1.84. The van der Waals surface area contributed by atoms with Gasteiger partial charge in [-0.2, -0.15) is 0 Å². The maximum atomic E-state index is 14.1. The number of nitrogens with zero attached hydrogens (tertiary/aromatic N) is 2. The van der Waals surface area contributed by atoms with Crippen molar-refractivity contribution in [2.45, 2.75) is 25.0 Å². The first kappa shape index (κ1) is 13.4. The summed E-state index contributed by atoms with van der Waals surface area (Å²) in [6, 6.07) is 5.01. The molecule has 0 unspecified atom stereocenters. The van der Waals surface area contributed by atoms with Crippen molar-refractivity contribution >= 4 is 25.1 Å². The van der Waals surface area contributed by atoms with Crippen molar-refractivity contribution < 1.29 is 4.39 Å². The molecule has 102 valence electrons. The number of benzene rings is 1. The zero-order chi connectivity index (χ0) is 14.3. The van der Waals surface area contributed by atoms with Crippen molar-refractivity contribution in [3.05, 3.63) is 39.9 Å². The molecule has 1 aliphatic heterocycles. The number of fused-ring (bicyclic) bond motifs is 1. The molecular weight excluding hydrogens is 274 g/mol. The van der Waals surface area contributed by atoms with E-state index in [1.807, 2.05) is 13.9 Å². The van der Waals surface area contributed by atoms with Gasteiger partial charge in [0.1, 0.15) is 13.7 Å². The molecular formula is C14H14BFN2OS. The van der Waals surface area contributed by atoms with Crippen LogP contribution in [0.5, 0.6) is 0 Å². The van der Waals surface area contributed by atoms with Crippen LogP contribution in [0, 0.1) is 12.7 Å². The number of halogens is 1. The highest BCUT2D eigenvalue weighted by molar-refractivity contribution is 7.99. The zero-order valence-corrected chi connectivity index (χ0v) is 12.3. The van der Waals surface area contributed by atoms with E-state index in [-0.39, 0.29) is 11.4 Å². The minimum absolute atomic E-state index is 0.0582. The molecule has 3 nitrogen and oxygen atoms in total. The third-order valence-electron chi connectivity index (χ3n) is 3.50. The lowest BCUT2D eigenvalue weighted by Gasteiger charge is -2.19. The number of hydrogen-bond donors (Lipinski definition) is 0. The molecule has 2 heterocycles. The SMILES string of the molecule is Bc1ccc(-c2nc3n(c(=O)c2C)CCCS3)c(F)c1. The van der Waals surface area contributed by atoms with E-state index in [9.17, 15) is 9.18 Å². The van der Waals surface area contributed by atoms with Crippen molar-refractivity contribution in [2.75, 3.05) is 5.75 Å². The number of thioether (sulfide) groups is 1. The largest absolute Gasteiger partial charge is 0.287 e. The van der Waals surface area contributed by atoms with Crippen LogP contribution in [0.3, 0.4) is 0 Å². The predicted octanol–water partition coefficient (Wildman–Crippen LogP) is 1.11. The van der Waals surface area contributed by atoms with Crippen molar-refractivity contribution in [1.82, 2.24) is 9.55 Å². The van der Waals surface area contributed by atoms with Gasteiger partial charge in [0.25, 0.3) is 5.56 Å². The smallest absolute Gasteiger partial charge is 0.257 e. The molecule has 0 bridgehead atoms. The first-order chi connectivity index (χ1) is 9.58. The summed E-state index contributed by atoms with van der Waals surface area (Å²) in [5.41, 5.74) is 2.18. The summed E-state index contributed by atoms with van der Waals surface area (Å²) in [4.78, 5) is 16.9. The Morgan fingerprint density at radius 3 is 3.00 bits per heavy atom. The van der Waals surface area contributed by atoms with Gasteiger partial charge in [0.2, 0.25) is 0 Å². The Balaban J connectivity index is 2.24. The Labute approximate surface area is 121 Å². The van der Waals surface area contributed by atoms with Crippen LogP contribution in [-0.4, -0.2) is 23.2 Å². The average Bonchev–Trinajstić information content (AvgIpc) is 2.43. The molecule has 0 spiro atoms. The molecule has 0 saturated carbocycles. The molecule has 0 aliphatic carbocycles. The Bertz CT molecular complexity index is 745. The van der Waals surface area contributed by atoms with E-state index in [0.29, 0.717) is 28.5 Å². The topological polar surface area (TPSA) is 34.9 Å². The third-order valence-corrected chi connectivity index (χ3v) is 4.56. The zero-order valence-electron chi connectivity index (χ0n) is 11.4. The van der Waals surface area contributed by atoms with Crippen LogP contribution in [0.1, 0.15) is 12.0 Å². The number of aromatic nitrogens is 2. The van der Waals surface area contributed by atoms with Gasteiger partial charge in [-0.3, -0.25) is 9.36 Å². The van der Waals surface area contributed by atoms with Crippen LogP contribution < -0.4 is 11.0 Å². The normalized spacial score (nSPS) is 14.1. The predicted molar refractivity (Wildman–Crippen MR) is 82.1 cm³/mol. The van der Waals surface area contributed by atoms with Crippen molar-refractivity contribution in [1.29, 1.82) is 0 Å². The first-order valence-corrected chi connectivity index (χ1v) is 7.57. The molecule has 0 saturated heterocycles. The second-order valence-electron chi connectivity index (χ2n) is 5.01. The van der Waals surface area contributed by atoms with Gasteiger partial charge in [-0.1, -0.05) is 29.4 Å². The molecule has 20 heavy (non-hydrogen) atoms. The van der Waals surface area contributed by atoms with Crippen molar-refractivity contribution in [2.24, 2.45) is 0 Å². The summed E-state index contributed by atoms with van der Waals surface area (Å²) in [5.74, 6) is 0.622. The van der Waals surface area contributed by atoms with Crippen LogP contribution in [-0.2, 0) is 6.54 Å². The molecule has 0 radical (unpaired) electrons. The highest BCUT2D eigenvalue weighted by Gasteiger charge is 2.19. The summed E-state index contributed by atoms with van der Waals surface area (Å²) >= 11 is 1.56. The second kappa shape index (κ2) is 5.09. The fraction of sp³-hybridized carbons (Fsp3) is 0.286. The summed E-state index contributed by atoms with van der Waals surface area (Å²) in [6.07, 6.45) is 0.969. The first-order valence-electron chi connectivity index (χ1n) is 6.58. The molecule has 0 N–H and O–H groups in total. The number of hydrogen-bond acceptors (Lipinski definition) is 3. The van der Waals surface area contributed by atoms with Gasteiger partial charge in [-0.05, 0) is 19.4 Å². The molecule has 1 aromatic carbocycles. The van der Waals surface area contributed by atoms with E-state index in [0.717, 1.165) is 17.6 Å². The van der Waals surface area contributed by atoms with Gasteiger partial charge >= 0.3 is 0 Å². The van der Waals surface area contributed by atoms with Gasteiger partial charge in [-0.15, -0.1) is 0 Å². The standard InChI is InChI=1S/C14H14BFN2OS/c1-8-12(10-4-3-9(15)7-11(10)16)17-14-18(13(8)19)5-2-6-20-14/h3-4,7H,2,5-6,15H2,1H3. The van der Waals surface area contributed by atoms with Crippen molar-refractivity contribution in [3.8, 4) is 11.3 Å². The maximum Gasteiger partial charge on any atom is 0.257 e. The van der Waals surface area contributed by atoms with E-state index < -0.39 is 0 Å². The summed E-state index contributed by atoms with van der Waals surface area (Å²) in [6.45, 7) is 2.42. The van der Waals surface area contributed by atoms with Gasteiger partial charge in [-0.25, -0.2) is 9.37 Å². The third kappa shape index (κ3) is 2.18. The maximum absolute atomic E-state index is 14.1. The van der Waals surface area contributed by atoms with Crippen LogP contribution in [0.15, 0.2) is 28.2 Å². The average molecular weight is 288 g/mol. The molecule has 0 fully saturated rings. The van der Waals surface area contributed by atoms with Gasteiger partial charge in [0.05, 0.1) is 5.69 Å². The van der Waals surface area contributed by atoms with Crippen LogP contribution in [0.2, 0.25) is 0 Å². The van der Waals surface area contributed by atoms with E-state index in [4.69, 9.17) is 0 Å². The van der Waals surface area contributed by atoms with Gasteiger partial charge in [0, 0.05) is 23.4 Å². The molecule has 6 heteroatoms. The Morgan fingerprint density at radius 2 is 2.25 bits per heavy atom. The Hall–Kier alpha value is -1.56. The Kier molecular flexibility index (Phi) is 3.42. The summed E-state index contributed by atoms with van der Waals surface area (Å²) in [5, 5.41) is 0.696. The molecule has 1 aliphatic rings. The van der Waals surface area contributed by atoms with E-state index in [2.05, 4.69) is 4.98 Å². The highest BCUT2D eigenvalue weighted by atomic mass is 32.2. The van der Waals surface area contributed by atoms with Gasteiger partial charge < -0.3 is 0 Å². The molecule has 0 atom stereocenters. The highest BCUT2D eigenvalue weighted by Crippen LogP contribution is 2.27. The lowest BCUT2D eigenvalue weighted by Crippen LogP contribution is -2.28. The summed E-state index contributed by atoms with van der Waals surface area (Å²) < 4.78 is 15.8. The van der Waals surface area contributed by atoms with E-state index in [1.54, 1.807) is 29.3 Å². The quantitative estimate of drug-likeness (QED) is 0.582. The second-order valence-corrected chi connectivity index (χ2v) is 6.07. The fourth-order valence-electron chi connectivity index (χ4n) is 2.40. The molecule has 1 aromatic heterocycles. The lowest BCUT2D eigenvalue weighted by atomic mass is 9.94. The van der Waals surface area contributed by atoms with Crippen molar-refractivity contribution in [3.63, 3.8) is 0 Å². The monoisotopic (exact) mass is 288 g/mol. The minimum Gasteiger partial charge on any atom is -0.287 e. The van der Waals surface area contributed by atoms with Crippen LogP contribution in [0.25, 0.3) is 11.3 Å². The Morgan fingerprint density at radius 1 is 1.45 bits per heavy atom. The molecule has 0 amide bonds. The fourth-order valence-corrected chi connectivity index (χ4v) is 3.34. The van der Waals surface area contributed by atoms with E-state index >= 15 is 0 Å².